The van der Waals surface area contributed by atoms with Crippen LogP contribution in [0.4, 0.5) is 0 Å². The topological polar surface area (TPSA) is 55.2 Å². The molecule has 1 heterocycles. The lowest BCUT2D eigenvalue weighted by atomic mass is 9.94. The van der Waals surface area contributed by atoms with Crippen molar-refractivity contribution in [2.24, 2.45) is 0 Å². The highest BCUT2D eigenvalue weighted by atomic mass is 16.2. The van der Waals surface area contributed by atoms with Crippen LogP contribution in [-0.4, -0.2) is 33.2 Å². The minimum Gasteiger partial charge on any atom is -0.338 e. The normalized spacial score (nSPS) is 15.7. The summed E-state index contributed by atoms with van der Waals surface area (Å²) in [4.78, 5) is 26.6. The van der Waals surface area contributed by atoms with Crippen molar-refractivity contribution >= 4 is 16.8 Å². The summed E-state index contributed by atoms with van der Waals surface area (Å²) in [5, 5.41) is 4.77. The Morgan fingerprint density at radius 2 is 2.00 bits per heavy atom. The molecule has 0 saturated heterocycles. The fraction of sp³-hybridized carbons (Fsp3) is 0.500. The number of hydrogen-bond donors (Lipinski definition) is 0. The Labute approximate surface area is 135 Å². The zero-order valence-electron chi connectivity index (χ0n) is 13.6. The van der Waals surface area contributed by atoms with Crippen LogP contribution in [0.15, 0.2) is 35.3 Å². The minimum absolute atomic E-state index is 0.0840. The van der Waals surface area contributed by atoms with Crippen molar-refractivity contribution in [3.8, 4) is 0 Å². The molecule has 1 amide bonds. The Hall–Kier alpha value is -2.17. The summed E-state index contributed by atoms with van der Waals surface area (Å²) in [6.45, 7) is 2.94. The van der Waals surface area contributed by atoms with Gasteiger partial charge in [-0.15, -0.1) is 0 Å². The Morgan fingerprint density at radius 3 is 2.74 bits per heavy atom. The molecular formula is C18H23N3O2. The number of aromatic nitrogens is 2. The highest BCUT2D eigenvalue weighted by molar-refractivity contribution is 5.81. The number of benzene rings is 1. The summed E-state index contributed by atoms with van der Waals surface area (Å²) < 4.78 is 1.64. The van der Waals surface area contributed by atoms with E-state index in [9.17, 15) is 9.59 Å². The van der Waals surface area contributed by atoms with Crippen LogP contribution in [0.1, 0.15) is 39.0 Å². The first-order valence-electron chi connectivity index (χ1n) is 8.45. The first-order valence-corrected chi connectivity index (χ1v) is 8.45. The van der Waals surface area contributed by atoms with Gasteiger partial charge in [-0.25, -0.2) is 0 Å². The predicted molar refractivity (Wildman–Crippen MR) is 90.3 cm³/mol. The standard InChI is InChI=1S/C18H23N3O2/c1-2-20(14-8-4-3-5-9-14)18(23)13-21-16-11-7-6-10-15(16)17(22)12-19-21/h6-7,10-12,14H,2-5,8-9,13H2,1H3. The molecule has 1 aliphatic carbocycles. The van der Waals surface area contributed by atoms with E-state index >= 15 is 0 Å². The third-order valence-corrected chi connectivity index (χ3v) is 4.72. The van der Waals surface area contributed by atoms with Gasteiger partial charge in [-0.1, -0.05) is 31.4 Å². The number of carbonyl (C=O) groups is 1. The number of fused-ring (bicyclic) bond motifs is 1. The maximum Gasteiger partial charge on any atom is 0.244 e. The lowest BCUT2D eigenvalue weighted by Crippen LogP contribution is -2.43. The zero-order chi connectivity index (χ0) is 16.2. The monoisotopic (exact) mass is 313 g/mol. The van der Waals surface area contributed by atoms with Gasteiger partial charge in [-0.3, -0.25) is 14.3 Å². The number of nitrogens with zero attached hydrogens (tertiary/aromatic N) is 3. The predicted octanol–water partition coefficient (Wildman–Crippen LogP) is 2.58. The molecule has 0 bridgehead atoms. The fourth-order valence-electron chi connectivity index (χ4n) is 3.54. The van der Waals surface area contributed by atoms with Crippen LogP contribution in [0.3, 0.4) is 0 Å². The number of likely N-dealkylation sites (N-methyl/N-ethyl adjacent to an activating group) is 1. The van der Waals surface area contributed by atoms with E-state index in [1.165, 1.54) is 25.5 Å². The van der Waals surface area contributed by atoms with E-state index in [-0.39, 0.29) is 17.9 Å². The zero-order valence-corrected chi connectivity index (χ0v) is 13.6. The molecule has 0 unspecified atom stereocenters. The molecule has 2 aromatic rings. The summed E-state index contributed by atoms with van der Waals surface area (Å²) >= 11 is 0. The third-order valence-electron chi connectivity index (χ3n) is 4.72. The summed E-state index contributed by atoms with van der Waals surface area (Å²) in [6.07, 6.45) is 7.16. The maximum atomic E-state index is 12.8. The Bertz CT molecular complexity index is 747. The van der Waals surface area contributed by atoms with Crippen molar-refractivity contribution in [1.29, 1.82) is 0 Å². The Balaban J connectivity index is 1.84. The molecule has 1 saturated carbocycles. The average molecular weight is 313 g/mol. The first kappa shape index (κ1) is 15.7. The highest BCUT2D eigenvalue weighted by Crippen LogP contribution is 2.23. The number of carbonyl (C=O) groups excluding carboxylic acids is 1. The number of rotatable bonds is 4. The SMILES string of the molecule is CCN(C(=O)Cn1ncc(=O)c2ccccc21)C1CCCCC1. The van der Waals surface area contributed by atoms with Crippen LogP contribution in [0, 0.1) is 0 Å². The Morgan fingerprint density at radius 1 is 1.26 bits per heavy atom. The van der Waals surface area contributed by atoms with Crippen LogP contribution in [0.25, 0.3) is 10.9 Å². The number of para-hydroxylation sites is 1. The molecular weight excluding hydrogens is 290 g/mol. The van der Waals surface area contributed by atoms with Gasteiger partial charge in [-0.2, -0.15) is 5.10 Å². The van der Waals surface area contributed by atoms with Crippen molar-refractivity contribution in [2.45, 2.75) is 51.6 Å². The lowest BCUT2D eigenvalue weighted by Gasteiger charge is -2.33. The van der Waals surface area contributed by atoms with Gasteiger partial charge in [0.2, 0.25) is 11.3 Å². The average Bonchev–Trinajstić information content (AvgIpc) is 2.59. The van der Waals surface area contributed by atoms with Crippen LogP contribution in [-0.2, 0) is 11.3 Å². The number of hydrogen-bond acceptors (Lipinski definition) is 3. The molecule has 1 fully saturated rings. The van der Waals surface area contributed by atoms with Crippen LogP contribution >= 0.6 is 0 Å². The van der Waals surface area contributed by atoms with E-state index in [0.717, 1.165) is 19.4 Å². The van der Waals surface area contributed by atoms with E-state index in [1.54, 1.807) is 10.7 Å². The third kappa shape index (κ3) is 3.28. The van der Waals surface area contributed by atoms with E-state index in [4.69, 9.17) is 0 Å². The lowest BCUT2D eigenvalue weighted by molar-refractivity contribution is -0.134. The molecule has 122 valence electrons. The van der Waals surface area contributed by atoms with E-state index in [2.05, 4.69) is 5.10 Å². The second-order valence-corrected chi connectivity index (χ2v) is 6.16. The quantitative estimate of drug-likeness (QED) is 0.872. The second-order valence-electron chi connectivity index (χ2n) is 6.16. The van der Waals surface area contributed by atoms with Gasteiger partial charge >= 0.3 is 0 Å². The first-order chi connectivity index (χ1) is 11.2. The maximum absolute atomic E-state index is 12.8. The minimum atomic E-state index is -0.107. The smallest absolute Gasteiger partial charge is 0.244 e. The van der Waals surface area contributed by atoms with E-state index in [0.29, 0.717) is 16.9 Å². The molecule has 1 aromatic carbocycles. The van der Waals surface area contributed by atoms with Crippen molar-refractivity contribution in [3.63, 3.8) is 0 Å². The van der Waals surface area contributed by atoms with Gasteiger partial charge in [0.05, 0.1) is 11.7 Å². The van der Waals surface area contributed by atoms with Crippen LogP contribution in [0.2, 0.25) is 0 Å². The summed E-state index contributed by atoms with van der Waals surface area (Å²) in [5.74, 6) is 0.0840. The second kappa shape index (κ2) is 6.94. The molecule has 1 aromatic heterocycles. The molecule has 3 rings (SSSR count). The van der Waals surface area contributed by atoms with Crippen molar-refractivity contribution in [1.82, 2.24) is 14.7 Å². The van der Waals surface area contributed by atoms with E-state index < -0.39 is 0 Å². The van der Waals surface area contributed by atoms with Crippen molar-refractivity contribution in [3.05, 3.63) is 40.7 Å². The summed E-state index contributed by atoms with van der Waals surface area (Å²) in [5.41, 5.74) is 0.608. The largest absolute Gasteiger partial charge is 0.338 e. The molecule has 0 spiro atoms. The van der Waals surface area contributed by atoms with Gasteiger partial charge in [0.25, 0.3) is 0 Å². The fourth-order valence-corrected chi connectivity index (χ4v) is 3.54. The highest BCUT2D eigenvalue weighted by Gasteiger charge is 2.24. The molecule has 0 radical (unpaired) electrons. The van der Waals surface area contributed by atoms with Crippen LogP contribution in [0.5, 0.6) is 0 Å². The molecule has 23 heavy (non-hydrogen) atoms. The molecule has 0 N–H and O–H groups in total. The molecule has 5 heteroatoms. The van der Waals surface area contributed by atoms with Gasteiger partial charge < -0.3 is 4.90 Å². The summed E-state index contributed by atoms with van der Waals surface area (Å²) in [6, 6.07) is 7.67. The van der Waals surface area contributed by atoms with Crippen molar-refractivity contribution in [2.75, 3.05) is 6.54 Å². The van der Waals surface area contributed by atoms with Gasteiger partial charge in [-0.05, 0) is 31.9 Å². The van der Waals surface area contributed by atoms with Gasteiger partial charge in [0, 0.05) is 18.0 Å². The molecule has 0 aliphatic heterocycles. The molecule has 5 nitrogen and oxygen atoms in total. The molecule has 0 atom stereocenters. The Kier molecular flexibility index (Phi) is 4.74. The van der Waals surface area contributed by atoms with Crippen molar-refractivity contribution < 1.29 is 4.79 Å². The van der Waals surface area contributed by atoms with E-state index in [1.807, 2.05) is 30.0 Å². The summed E-state index contributed by atoms with van der Waals surface area (Å²) in [7, 11) is 0. The van der Waals surface area contributed by atoms with Crippen LogP contribution < -0.4 is 5.43 Å². The van der Waals surface area contributed by atoms with Gasteiger partial charge in [0.1, 0.15) is 6.54 Å². The van der Waals surface area contributed by atoms with Gasteiger partial charge in [0.15, 0.2) is 0 Å². The number of amides is 1. The molecule has 1 aliphatic rings.